The summed E-state index contributed by atoms with van der Waals surface area (Å²) in [4.78, 5) is 15.1. The lowest BCUT2D eigenvalue weighted by Crippen LogP contribution is -2.64. The molecule has 3 N–H and O–H groups in total. The van der Waals surface area contributed by atoms with Crippen molar-refractivity contribution in [3.05, 3.63) is 52.5 Å². The van der Waals surface area contributed by atoms with Crippen molar-refractivity contribution in [1.82, 2.24) is 5.32 Å². The summed E-state index contributed by atoms with van der Waals surface area (Å²) in [7, 11) is 0. The third kappa shape index (κ3) is 2.46. The maximum absolute atomic E-state index is 13.3. The van der Waals surface area contributed by atoms with Crippen LogP contribution in [0.1, 0.15) is 23.2 Å². The molecule has 1 fully saturated rings. The number of benzene rings is 2. The van der Waals surface area contributed by atoms with Crippen molar-refractivity contribution in [1.29, 1.82) is 0 Å². The second kappa shape index (κ2) is 5.79. The molecule has 2 heterocycles. The molecule has 0 radical (unpaired) electrons. The second-order valence-electron chi connectivity index (χ2n) is 6.25. The van der Waals surface area contributed by atoms with Gasteiger partial charge in [0.15, 0.2) is 0 Å². The summed E-state index contributed by atoms with van der Waals surface area (Å²) in [5.74, 6) is 0.184. The van der Waals surface area contributed by atoms with Gasteiger partial charge >= 0.3 is 0 Å². The minimum Gasteiger partial charge on any atom is -0.508 e. The van der Waals surface area contributed by atoms with Crippen LogP contribution in [0.3, 0.4) is 0 Å². The lowest BCUT2D eigenvalue weighted by molar-refractivity contribution is 0.0941. The van der Waals surface area contributed by atoms with Crippen LogP contribution in [0.25, 0.3) is 0 Å². The van der Waals surface area contributed by atoms with Gasteiger partial charge in [-0.1, -0.05) is 15.9 Å². The number of amides is 1. The molecule has 0 aliphatic carbocycles. The van der Waals surface area contributed by atoms with E-state index in [-0.39, 0.29) is 11.7 Å². The number of piperidine rings is 1. The van der Waals surface area contributed by atoms with Gasteiger partial charge in [-0.3, -0.25) is 9.69 Å². The highest BCUT2D eigenvalue weighted by atomic mass is 79.9. The summed E-state index contributed by atoms with van der Waals surface area (Å²) < 4.78 is 0.948. The lowest BCUT2D eigenvalue weighted by atomic mass is 9.90. The van der Waals surface area contributed by atoms with Crippen LogP contribution in [-0.4, -0.2) is 29.8 Å². The van der Waals surface area contributed by atoms with Gasteiger partial charge in [-0.25, -0.2) is 0 Å². The molecule has 24 heavy (non-hydrogen) atoms. The quantitative estimate of drug-likeness (QED) is 0.702. The third-order valence-electron chi connectivity index (χ3n) is 4.75. The fourth-order valence-electron chi connectivity index (χ4n) is 3.58. The van der Waals surface area contributed by atoms with E-state index in [1.54, 1.807) is 24.3 Å². The Hall–Kier alpha value is -2.05. The summed E-state index contributed by atoms with van der Waals surface area (Å²) in [6, 6.07) is 12.5. The molecule has 0 bridgehead atoms. The van der Waals surface area contributed by atoms with Gasteiger partial charge in [-0.15, -0.1) is 0 Å². The van der Waals surface area contributed by atoms with Crippen molar-refractivity contribution in [2.24, 2.45) is 0 Å². The zero-order valence-electron chi connectivity index (χ0n) is 13.1. The maximum Gasteiger partial charge on any atom is 0.262 e. The average molecular weight is 388 g/mol. The Kier molecular flexibility index (Phi) is 3.73. The van der Waals surface area contributed by atoms with Gasteiger partial charge in [-0.05, 0) is 55.6 Å². The number of hydrogen-bond donors (Lipinski definition) is 3. The zero-order chi connectivity index (χ0) is 16.7. The van der Waals surface area contributed by atoms with Gasteiger partial charge in [-0.2, -0.15) is 0 Å². The first-order valence-corrected chi connectivity index (χ1v) is 8.80. The number of hydrogen-bond acceptors (Lipinski definition) is 4. The van der Waals surface area contributed by atoms with Crippen LogP contribution in [0.15, 0.2) is 46.9 Å². The van der Waals surface area contributed by atoms with Gasteiger partial charge < -0.3 is 15.7 Å². The average Bonchev–Trinajstić information content (AvgIpc) is 2.57. The number of fused-ring (bicyclic) bond motifs is 1. The highest BCUT2D eigenvalue weighted by Gasteiger charge is 2.46. The Morgan fingerprint density at radius 2 is 1.79 bits per heavy atom. The van der Waals surface area contributed by atoms with Crippen LogP contribution >= 0.6 is 15.9 Å². The molecule has 1 spiro atoms. The first kappa shape index (κ1) is 15.5. The van der Waals surface area contributed by atoms with Crippen molar-refractivity contribution in [3.8, 4) is 5.75 Å². The van der Waals surface area contributed by atoms with Crippen LogP contribution in [0.4, 0.5) is 11.4 Å². The van der Waals surface area contributed by atoms with Crippen LogP contribution in [0.2, 0.25) is 0 Å². The van der Waals surface area contributed by atoms with E-state index in [0.29, 0.717) is 5.56 Å². The van der Waals surface area contributed by atoms with E-state index in [9.17, 15) is 9.90 Å². The molecule has 124 valence electrons. The SMILES string of the molecule is O=C1c2ccc(Br)cc2NC2(CCNCC2)N1c1ccc(O)cc1. The highest BCUT2D eigenvalue weighted by Crippen LogP contribution is 2.40. The van der Waals surface area contributed by atoms with Crippen LogP contribution in [0, 0.1) is 0 Å². The van der Waals surface area contributed by atoms with Gasteiger partial charge in [0.1, 0.15) is 11.4 Å². The van der Waals surface area contributed by atoms with Gasteiger partial charge in [0.05, 0.1) is 5.56 Å². The van der Waals surface area contributed by atoms with Crippen molar-refractivity contribution >= 4 is 33.2 Å². The van der Waals surface area contributed by atoms with Crippen molar-refractivity contribution < 1.29 is 9.90 Å². The van der Waals surface area contributed by atoms with E-state index in [0.717, 1.165) is 41.8 Å². The number of anilines is 2. The standard InChI is InChI=1S/C18H18BrN3O2/c19-12-1-6-15-16(11-12)21-18(7-9-20-10-8-18)22(17(15)24)13-2-4-14(23)5-3-13/h1-6,11,20-21,23H,7-10H2. The third-order valence-corrected chi connectivity index (χ3v) is 5.24. The smallest absolute Gasteiger partial charge is 0.262 e. The predicted octanol–water partition coefficient (Wildman–Crippen LogP) is 3.31. The molecule has 4 rings (SSSR count). The molecule has 2 aliphatic heterocycles. The molecule has 0 saturated carbocycles. The number of nitrogens with one attached hydrogen (secondary N) is 2. The van der Waals surface area contributed by atoms with Crippen LogP contribution < -0.4 is 15.5 Å². The van der Waals surface area contributed by atoms with Gasteiger partial charge in [0, 0.05) is 28.7 Å². The Labute approximate surface area is 148 Å². The number of halogens is 1. The first-order chi connectivity index (χ1) is 11.6. The van der Waals surface area contributed by atoms with Crippen molar-refractivity contribution in [2.75, 3.05) is 23.3 Å². The molecule has 0 aromatic heterocycles. The molecular formula is C18H18BrN3O2. The van der Waals surface area contributed by atoms with E-state index >= 15 is 0 Å². The normalized spacial score (nSPS) is 19.0. The molecule has 5 nitrogen and oxygen atoms in total. The maximum atomic E-state index is 13.3. The molecule has 2 aliphatic rings. The summed E-state index contributed by atoms with van der Waals surface area (Å²) >= 11 is 3.49. The molecular weight excluding hydrogens is 370 g/mol. The number of phenolic OH excluding ortho intramolecular Hbond substituents is 1. The Morgan fingerprint density at radius 3 is 2.50 bits per heavy atom. The van der Waals surface area contributed by atoms with E-state index in [2.05, 4.69) is 26.6 Å². The summed E-state index contributed by atoms with van der Waals surface area (Å²) in [6.07, 6.45) is 1.62. The van der Waals surface area contributed by atoms with E-state index in [4.69, 9.17) is 0 Å². The largest absolute Gasteiger partial charge is 0.508 e. The Bertz CT molecular complexity index is 785. The lowest BCUT2D eigenvalue weighted by Gasteiger charge is -2.50. The molecule has 0 unspecified atom stereocenters. The molecule has 2 aromatic rings. The molecule has 6 heteroatoms. The van der Waals surface area contributed by atoms with Gasteiger partial charge in [0.25, 0.3) is 5.91 Å². The number of carbonyl (C=O) groups is 1. The Morgan fingerprint density at radius 1 is 1.08 bits per heavy atom. The van der Waals surface area contributed by atoms with Crippen LogP contribution in [-0.2, 0) is 0 Å². The number of rotatable bonds is 1. The predicted molar refractivity (Wildman–Crippen MR) is 97.5 cm³/mol. The van der Waals surface area contributed by atoms with Crippen molar-refractivity contribution in [2.45, 2.75) is 18.5 Å². The van der Waals surface area contributed by atoms with Crippen LogP contribution in [0.5, 0.6) is 5.75 Å². The minimum atomic E-state index is -0.451. The topological polar surface area (TPSA) is 64.6 Å². The number of phenols is 1. The van der Waals surface area contributed by atoms with Crippen molar-refractivity contribution in [3.63, 3.8) is 0 Å². The van der Waals surface area contributed by atoms with E-state index in [1.165, 1.54) is 0 Å². The zero-order valence-corrected chi connectivity index (χ0v) is 14.6. The monoisotopic (exact) mass is 387 g/mol. The molecule has 2 aromatic carbocycles. The van der Waals surface area contributed by atoms with Gasteiger partial charge in [0.2, 0.25) is 0 Å². The fourth-order valence-corrected chi connectivity index (χ4v) is 3.94. The number of nitrogens with zero attached hydrogens (tertiary/aromatic N) is 1. The Balaban J connectivity index is 1.86. The molecule has 0 atom stereocenters. The summed E-state index contributed by atoms with van der Waals surface area (Å²) in [6.45, 7) is 1.69. The number of carbonyl (C=O) groups excluding carboxylic acids is 1. The highest BCUT2D eigenvalue weighted by molar-refractivity contribution is 9.10. The summed E-state index contributed by atoms with van der Waals surface area (Å²) in [5.41, 5.74) is 1.87. The van der Waals surface area contributed by atoms with E-state index < -0.39 is 5.66 Å². The minimum absolute atomic E-state index is 0.0103. The first-order valence-electron chi connectivity index (χ1n) is 8.01. The number of aromatic hydroxyl groups is 1. The fraction of sp³-hybridized carbons (Fsp3) is 0.278. The molecule has 1 amide bonds. The second-order valence-corrected chi connectivity index (χ2v) is 7.17. The molecule has 1 saturated heterocycles. The summed E-state index contributed by atoms with van der Waals surface area (Å²) in [5, 5.41) is 16.6. The van der Waals surface area contributed by atoms with E-state index in [1.807, 2.05) is 23.1 Å².